The first-order chi connectivity index (χ1) is 10.6. The molecule has 1 aliphatic carbocycles. The lowest BCUT2D eigenvalue weighted by molar-refractivity contribution is 0.0692. The highest BCUT2D eigenvalue weighted by Crippen LogP contribution is 2.41. The van der Waals surface area contributed by atoms with Gasteiger partial charge in [-0.1, -0.05) is 42.5 Å². The van der Waals surface area contributed by atoms with E-state index in [0.29, 0.717) is 5.92 Å². The standard InChI is InChI=1S/C19H17NO2/c1-11-3-2-4-15-16(18(19(21)22)20-17(11)15)14-9-7-13(8-10-14)12-5-6-12/h2-4,7-10,12,20H,5-6H2,1H3,(H,21,22). The molecule has 2 N–H and O–H groups in total. The van der Waals surface area contributed by atoms with Crippen LogP contribution >= 0.6 is 0 Å². The summed E-state index contributed by atoms with van der Waals surface area (Å²) in [6, 6.07) is 14.3. The monoisotopic (exact) mass is 291 g/mol. The number of aromatic amines is 1. The van der Waals surface area contributed by atoms with Crippen molar-refractivity contribution in [2.75, 3.05) is 0 Å². The number of aryl methyl sites for hydroxylation is 1. The first-order valence-electron chi connectivity index (χ1n) is 7.60. The number of carbonyl (C=O) groups is 1. The van der Waals surface area contributed by atoms with Crippen LogP contribution in [0.3, 0.4) is 0 Å². The summed E-state index contributed by atoms with van der Waals surface area (Å²) >= 11 is 0. The molecule has 1 fully saturated rings. The van der Waals surface area contributed by atoms with E-state index in [-0.39, 0.29) is 5.69 Å². The molecule has 22 heavy (non-hydrogen) atoms. The smallest absolute Gasteiger partial charge is 0.352 e. The Morgan fingerprint density at radius 3 is 2.50 bits per heavy atom. The van der Waals surface area contributed by atoms with Crippen LogP contribution in [0.4, 0.5) is 0 Å². The molecule has 3 aromatic rings. The molecule has 3 heteroatoms. The summed E-state index contributed by atoms with van der Waals surface area (Å²) < 4.78 is 0. The SMILES string of the molecule is Cc1cccc2c(-c3ccc(C4CC4)cc3)c(C(=O)O)[nH]c12. The van der Waals surface area contributed by atoms with Gasteiger partial charge in [-0.25, -0.2) is 4.79 Å². The molecular formula is C19H17NO2. The van der Waals surface area contributed by atoms with Gasteiger partial charge in [0.25, 0.3) is 0 Å². The highest BCUT2D eigenvalue weighted by Gasteiger charge is 2.24. The lowest BCUT2D eigenvalue weighted by Gasteiger charge is -2.04. The Morgan fingerprint density at radius 2 is 1.86 bits per heavy atom. The van der Waals surface area contributed by atoms with Crippen LogP contribution in [0.2, 0.25) is 0 Å². The molecule has 4 rings (SSSR count). The number of para-hydroxylation sites is 1. The minimum absolute atomic E-state index is 0.267. The van der Waals surface area contributed by atoms with Gasteiger partial charge in [-0.05, 0) is 42.4 Å². The summed E-state index contributed by atoms with van der Waals surface area (Å²) in [5.74, 6) is -0.213. The van der Waals surface area contributed by atoms with E-state index in [9.17, 15) is 9.90 Å². The second-order valence-electron chi connectivity index (χ2n) is 6.07. The molecule has 0 bridgehead atoms. The molecule has 0 saturated heterocycles. The predicted molar refractivity (Wildman–Crippen MR) is 87.4 cm³/mol. The third-order valence-electron chi connectivity index (χ3n) is 4.50. The highest BCUT2D eigenvalue weighted by molar-refractivity contribution is 6.08. The number of fused-ring (bicyclic) bond motifs is 1. The predicted octanol–water partition coefficient (Wildman–Crippen LogP) is 4.72. The van der Waals surface area contributed by atoms with Crippen molar-refractivity contribution in [3.05, 3.63) is 59.3 Å². The fourth-order valence-electron chi connectivity index (χ4n) is 3.16. The van der Waals surface area contributed by atoms with Gasteiger partial charge in [-0.2, -0.15) is 0 Å². The van der Waals surface area contributed by atoms with Crippen molar-refractivity contribution in [1.29, 1.82) is 0 Å². The molecule has 0 radical (unpaired) electrons. The summed E-state index contributed by atoms with van der Waals surface area (Å²) in [5.41, 5.74) is 5.33. The Hall–Kier alpha value is -2.55. The van der Waals surface area contributed by atoms with Gasteiger partial charge in [0.1, 0.15) is 5.69 Å². The van der Waals surface area contributed by atoms with Gasteiger partial charge in [0.05, 0.1) is 0 Å². The summed E-state index contributed by atoms with van der Waals surface area (Å²) in [6.45, 7) is 1.99. The van der Waals surface area contributed by atoms with Crippen molar-refractivity contribution >= 4 is 16.9 Å². The van der Waals surface area contributed by atoms with Gasteiger partial charge in [0.15, 0.2) is 0 Å². The Bertz CT molecular complexity index is 870. The molecule has 1 aromatic heterocycles. The van der Waals surface area contributed by atoms with E-state index < -0.39 is 5.97 Å². The van der Waals surface area contributed by atoms with Crippen LogP contribution in [0.25, 0.3) is 22.0 Å². The summed E-state index contributed by atoms with van der Waals surface area (Å²) in [5, 5.41) is 10.5. The van der Waals surface area contributed by atoms with Crippen LogP contribution in [0.1, 0.15) is 40.4 Å². The maximum atomic E-state index is 11.6. The molecule has 0 spiro atoms. The van der Waals surface area contributed by atoms with Crippen molar-refractivity contribution in [3.63, 3.8) is 0 Å². The van der Waals surface area contributed by atoms with Crippen molar-refractivity contribution in [2.24, 2.45) is 0 Å². The number of aromatic nitrogens is 1. The van der Waals surface area contributed by atoms with Crippen molar-refractivity contribution in [2.45, 2.75) is 25.7 Å². The largest absolute Gasteiger partial charge is 0.477 e. The zero-order valence-electron chi connectivity index (χ0n) is 12.4. The van der Waals surface area contributed by atoms with E-state index in [1.165, 1.54) is 18.4 Å². The first kappa shape index (κ1) is 13.1. The molecule has 2 aromatic carbocycles. The van der Waals surface area contributed by atoms with Crippen LogP contribution in [0.5, 0.6) is 0 Å². The highest BCUT2D eigenvalue weighted by atomic mass is 16.4. The third-order valence-corrected chi connectivity index (χ3v) is 4.50. The van der Waals surface area contributed by atoms with Gasteiger partial charge in [0, 0.05) is 16.5 Å². The summed E-state index contributed by atoms with van der Waals surface area (Å²) in [7, 11) is 0. The van der Waals surface area contributed by atoms with Gasteiger partial charge in [-0.15, -0.1) is 0 Å². The minimum Gasteiger partial charge on any atom is -0.477 e. The number of aromatic carboxylic acids is 1. The van der Waals surface area contributed by atoms with E-state index in [2.05, 4.69) is 17.1 Å². The van der Waals surface area contributed by atoms with Crippen LogP contribution < -0.4 is 0 Å². The number of carboxylic acids is 1. The maximum Gasteiger partial charge on any atom is 0.352 e. The number of hydrogen-bond acceptors (Lipinski definition) is 1. The second-order valence-corrected chi connectivity index (χ2v) is 6.07. The zero-order chi connectivity index (χ0) is 15.3. The normalized spacial score (nSPS) is 14.4. The molecule has 0 unspecified atom stereocenters. The summed E-state index contributed by atoms with van der Waals surface area (Å²) in [6.07, 6.45) is 2.54. The minimum atomic E-state index is -0.920. The molecule has 0 aliphatic heterocycles. The van der Waals surface area contributed by atoms with Crippen molar-refractivity contribution in [1.82, 2.24) is 4.98 Å². The Balaban J connectivity index is 1.93. The fourth-order valence-corrected chi connectivity index (χ4v) is 3.16. The van der Waals surface area contributed by atoms with Gasteiger partial charge in [-0.3, -0.25) is 0 Å². The molecule has 3 nitrogen and oxygen atoms in total. The molecule has 0 amide bonds. The first-order valence-corrected chi connectivity index (χ1v) is 7.60. The van der Waals surface area contributed by atoms with Crippen LogP contribution in [-0.2, 0) is 0 Å². The molecule has 1 heterocycles. The zero-order valence-corrected chi connectivity index (χ0v) is 12.4. The van der Waals surface area contributed by atoms with Gasteiger partial charge >= 0.3 is 5.97 Å². The maximum absolute atomic E-state index is 11.6. The lowest BCUT2D eigenvalue weighted by Crippen LogP contribution is -1.98. The average Bonchev–Trinajstić information content (AvgIpc) is 3.28. The number of rotatable bonds is 3. The third kappa shape index (κ3) is 2.01. The fraction of sp³-hybridized carbons (Fsp3) is 0.211. The number of H-pyrrole nitrogens is 1. The number of benzene rings is 2. The Morgan fingerprint density at radius 1 is 1.14 bits per heavy atom. The van der Waals surface area contributed by atoms with E-state index in [1.54, 1.807) is 0 Å². The van der Waals surface area contributed by atoms with Crippen molar-refractivity contribution in [3.8, 4) is 11.1 Å². The van der Waals surface area contributed by atoms with Crippen LogP contribution in [-0.4, -0.2) is 16.1 Å². The molecule has 1 saturated carbocycles. The molecular weight excluding hydrogens is 274 g/mol. The lowest BCUT2D eigenvalue weighted by atomic mass is 9.98. The number of carboxylic acid groups (broad SMARTS) is 1. The summed E-state index contributed by atoms with van der Waals surface area (Å²) in [4.78, 5) is 14.7. The van der Waals surface area contributed by atoms with Crippen LogP contribution in [0.15, 0.2) is 42.5 Å². The Labute approximate surface area is 128 Å². The number of hydrogen-bond donors (Lipinski definition) is 2. The average molecular weight is 291 g/mol. The van der Waals surface area contributed by atoms with E-state index >= 15 is 0 Å². The number of nitrogens with one attached hydrogen (secondary N) is 1. The Kier molecular flexibility index (Phi) is 2.83. The quantitative estimate of drug-likeness (QED) is 0.733. The van der Waals surface area contributed by atoms with E-state index in [0.717, 1.165) is 27.6 Å². The molecule has 1 aliphatic rings. The van der Waals surface area contributed by atoms with E-state index in [4.69, 9.17) is 0 Å². The van der Waals surface area contributed by atoms with E-state index in [1.807, 2.05) is 37.3 Å². The topological polar surface area (TPSA) is 53.1 Å². The van der Waals surface area contributed by atoms with Crippen LogP contribution in [0, 0.1) is 6.92 Å². The second kappa shape index (κ2) is 4.73. The van der Waals surface area contributed by atoms with Crippen molar-refractivity contribution < 1.29 is 9.90 Å². The van der Waals surface area contributed by atoms with Gasteiger partial charge in [0.2, 0.25) is 0 Å². The van der Waals surface area contributed by atoms with Gasteiger partial charge < -0.3 is 10.1 Å². The molecule has 0 atom stereocenters. The molecule has 110 valence electrons.